The van der Waals surface area contributed by atoms with E-state index in [2.05, 4.69) is 22.7 Å². The standard InChI is InChI=1S/C30H25N3O4S/c1-34-22-8-5-19(6-9-22)30-31-21(17-38-30)16-36-26-11-23(35-2)12-27-24(26)13-28(37-27)25-15-33-14-20(18-3-4-18)7-10-29(33)32-25/h5-15,17-18H,3-4,16H2,1-2H3. The largest absolute Gasteiger partial charge is 0.497 e. The van der Waals surface area contributed by atoms with E-state index in [1.165, 1.54) is 18.4 Å². The molecule has 0 amide bonds. The summed E-state index contributed by atoms with van der Waals surface area (Å²) in [6, 6.07) is 17.9. The second kappa shape index (κ2) is 9.22. The van der Waals surface area contributed by atoms with Crippen molar-refractivity contribution >= 4 is 28.0 Å². The van der Waals surface area contributed by atoms with Gasteiger partial charge in [0.05, 0.1) is 25.3 Å². The summed E-state index contributed by atoms with van der Waals surface area (Å²) in [7, 11) is 3.30. The molecule has 1 aliphatic rings. The summed E-state index contributed by atoms with van der Waals surface area (Å²) < 4.78 is 25.3. The van der Waals surface area contributed by atoms with Gasteiger partial charge >= 0.3 is 0 Å². The molecule has 0 radical (unpaired) electrons. The quantitative estimate of drug-likeness (QED) is 0.208. The summed E-state index contributed by atoms with van der Waals surface area (Å²) in [6.45, 7) is 0.327. The maximum absolute atomic E-state index is 6.25. The average Bonchev–Trinajstić information content (AvgIpc) is 3.34. The number of aromatic nitrogens is 3. The number of hydrogen-bond acceptors (Lipinski definition) is 7. The number of pyridine rings is 1. The van der Waals surface area contributed by atoms with Gasteiger partial charge in [-0.05, 0) is 60.7 Å². The molecule has 7 nitrogen and oxygen atoms in total. The Balaban J connectivity index is 1.16. The van der Waals surface area contributed by atoms with Crippen molar-refractivity contribution < 1.29 is 18.6 Å². The minimum Gasteiger partial charge on any atom is -0.497 e. The average molecular weight is 524 g/mol. The Bertz CT molecular complexity index is 1760. The van der Waals surface area contributed by atoms with E-state index in [9.17, 15) is 0 Å². The fourth-order valence-electron chi connectivity index (χ4n) is 4.62. The molecule has 0 spiro atoms. The zero-order valence-electron chi connectivity index (χ0n) is 21.0. The number of ether oxygens (including phenoxy) is 3. The number of rotatable bonds is 8. The first-order chi connectivity index (χ1) is 18.7. The molecule has 1 saturated carbocycles. The van der Waals surface area contributed by atoms with Crippen LogP contribution in [-0.2, 0) is 6.61 Å². The van der Waals surface area contributed by atoms with E-state index in [1.54, 1.807) is 25.6 Å². The third-order valence-corrected chi connectivity index (χ3v) is 7.79. The zero-order chi connectivity index (χ0) is 25.6. The monoisotopic (exact) mass is 523 g/mol. The summed E-state index contributed by atoms with van der Waals surface area (Å²) in [5.41, 5.74) is 5.62. The molecule has 190 valence electrons. The van der Waals surface area contributed by atoms with Crippen molar-refractivity contribution in [1.29, 1.82) is 0 Å². The highest BCUT2D eigenvalue weighted by Gasteiger charge is 2.24. The molecule has 38 heavy (non-hydrogen) atoms. The molecule has 7 rings (SSSR count). The van der Waals surface area contributed by atoms with Gasteiger partial charge in [0.25, 0.3) is 0 Å². The van der Waals surface area contributed by atoms with Gasteiger partial charge in [0.2, 0.25) is 0 Å². The minimum absolute atomic E-state index is 0.327. The van der Waals surface area contributed by atoms with Crippen molar-refractivity contribution in [2.75, 3.05) is 14.2 Å². The maximum atomic E-state index is 6.25. The smallest absolute Gasteiger partial charge is 0.155 e. The number of thiazole rings is 1. The molecule has 2 aromatic carbocycles. The molecule has 1 aliphatic carbocycles. The van der Waals surface area contributed by atoms with Crippen LogP contribution in [-0.4, -0.2) is 28.6 Å². The van der Waals surface area contributed by atoms with Crippen LogP contribution in [0.5, 0.6) is 17.2 Å². The van der Waals surface area contributed by atoms with Crippen LogP contribution in [0.25, 0.3) is 38.6 Å². The molecule has 4 aromatic heterocycles. The van der Waals surface area contributed by atoms with Crippen LogP contribution in [0.2, 0.25) is 0 Å². The highest BCUT2D eigenvalue weighted by atomic mass is 32.1. The third-order valence-electron chi connectivity index (χ3n) is 6.85. The van der Waals surface area contributed by atoms with Crippen LogP contribution in [0.1, 0.15) is 30.0 Å². The van der Waals surface area contributed by atoms with Crippen molar-refractivity contribution in [2.45, 2.75) is 25.4 Å². The number of benzene rings is 2. The van der Waals surface area contributed by atoms with Crippen LogP contribution in [0.4, 0.5) is 0 Å². The van der Waals surface area contributed by atoms with Gasteiger partial charge in [-0.1, -0.05) is 6.07 Å². The van der Waals surface area contributed by atoms with Gasteiger partial charge in [-0.25, -0.2) is 9.97 Å². The lowest BCUT2D eigenvalue weighted by Gasteiger charge is -2.08. The van der Waals surface area contributed by atoms with E-state index < -0.39 is 0 Å². The van der Waals surface area contributed by atoms with Crippen molar-refractivity contribution in [1.82, 2.24) is 14.4 Å². The van der Waals surface area contributed by atoms with E-state index in [4.69, 9.17) is 28.6 Å². The first-order valence-corrected chi connectivity index (χ1v) is 13.4. The van der Waals surface area contributed by atoms with Gasteiger partial charge in [0.15, 0.2) is 5.76 Å². The Morgan fingerprint density at radius 1 is 0.947 bits per heavy atom. The second-order valence-electron chi connectivity index (χ2n) is 9.44. The number of imidazole rings is 1. The topological polar surface area (TPSA) is 71.0 Å². The predicted octanol–water partition coefficient (Wildman–Crippen LogP) is 7.34. The maximum Gasteiger partial charge on any atom is 0.155 e. The Hall–Kier alpha value is -4.30. The lowest BCUT2D eigenvalue weighted by atomic mass is 10.2. The molecule has 0 saturated heterocycles. The van der Waals surface area contributed by atoms with Gasteiger partial charge in [-0.3, -0.25) is 0 Å². The molecule has 1 fully saturated rings. The fraction of sp³-hybridized carbons (Fsp3) is 0.200. The van der Waals surface area contributed by atoms with Crippen molar-refractivity contribution in [3.05, 3.63) is 83.6 Å². The van der Waals surface area contributed by atoms with Crippen LogP contribution in [0.15, 0.2) is 76.8 Å². The van der Waals surface area contributed by atoms with Gasteiger partial charge < -0.3 is 23.0 Å². The van der Waals surface area contributed by atoms with Crippen LogP contribution in [0.3, 0.4) is 0 Å². The molecule has 6 aromatic rings. The molecule has 8 heteroatoms. The second-order valence-corrected chi connectivity index (χ2v) is 10.3. The van der Waals surface area contributed by atoms with Crippen molar-refractivity contribution in [3.63, 3.8) is 0 Å². The van der Waals surface area contributed by atoms with E-state index in [0.717, 1.165) is 38.7 Å². The first-order valence-electron chi connectivity index (χ1n) is 12.5. The molecule has 0 aliphatic heterocycles. The van der Waals surface area contributed by atoms with Gasteiger partial charge in [0, 0.05) is 35.5 Å². The highest BCUT2D eigenvalue weighted by Crippen LogP contribution is 2.41. The van der Waals surface area contributed by atoms with E-state index in [1.807, 2.05) is 54.0 Å². The minimum atomic E-state index is 0.327. The van der Waals surface area contributed by atoms with Crippen molar-refractivity contribution in [3.8, 4) is 39.3 Å². The van der Waals surface area contributed by atoms with E-state index in [0.29, 0.717) is 35.4 Å². The number of hydrogen-bond donors (Lipinski definition) is 0. The van der Waals surface area contributed by atoms with Crippen molar-refractivity contribution in [2.24, 2.45) is 0 Å². The lowest BCUT2D eigenvalue weighted by Crippen LogP contribution is -1.97. The molecule has 0 atom stereocenters. The summed E-state index contributed by atoms with van der Waals surface area (Å²) in [5.74, 6) is 3.53. The fourth-order valence-corrected chi connectivity index (χ4v) is 5.43. The van der Waals surface area contributed by atoms with Gasteiger partial charge in [-0.2, -0.15) is 0 Å². The zero-order valence-corrected chi connectivity index (χ0v) is 21.8. The van der Waals surface area contributed by atoms with Crippen LogP contribution >= 0.6 is 11.3 Å². The Morgan fingerprint density at radius 3 is 2.58 bits per heavy atom. The molecular weight excluding hydrogens is 498 g/mol. The Labute approximate surface area is 223 Å². The summed E-state index contributed by atoms with van der Waals surface area (Å²) in [6.07, 6.45) is 6.74. The Kier molecular flexibility index (Phi) is 5.55. The summed E-state index contributed by atoms with van der Waals surface area (Å²) in [4.78, 5) is 9.55. The lowest BCUT2D eigenvalue weighted by molar-refractivity contribution is 0.303. The first kappa shape index (κ1) is 22.9. The van der Waals surface area contributed by atoms with Gasteiger partial charge in [0.1, 0.15) is 45.8 Å². The normalized spacial score (nSPS) is 13.3. The SMILES string of the molecule is COc1ccc(-c2nc(COc3cc(OC)cc4oc(-c5cn6cc(C7CC7)ccc6n5)cc34)cs2)cc1. The van der Waals surface area contributed by atoms with Crippen LogP contribution in [0, 0.1) is 0 Å². The van der Waals surface area contributed by atoms with Crippen LogP contribution < -0.4 is 14.2 Å². The number of fused-ring (bicyclic) bond motifs is 2. The van der Waals surface area contributed by atoms with E-state index in [-0.39, 0.29) is 0 Å². The predicted molar refractivity (Wildman–Crippen MR) is 147 cm³/mol. The molecule has 0 bridgehead atoms. The van der Waals surface area contributed by atoms with Gasteiger partial charge in [-0.15, -0.1) is 11.3 Å². The molecule has 0 unspecified atom stereocenters. The molecule has 4 heterocycles. The highest BCUT2D eigenvalue weighted by molar-refractivity contribution is 7.13. The summed E-state index contributed by atoms with van der Waals surface area (Å²) in [5, 5.41) is 3.82. The Morgan fingerprint density at radius 2 is 1.79 bits per heavy atom. The number of nitrogens with zero attached hydrogens (tertiary/aromatic N) is 3. The molecule has 0 N–H and O–H groups in total. The van der Waals surface area contributed by atoms with E-state index >= 15 is 0 Å². The summed E-state index contributed by atoms with van der Waals surface area (Å²) >= 11 is 1.59. The number of methoxy groups -OCH3 is 2. The molecular formula is C30H25N3O4S. The third kappa shape index (κ3) is 4.26. The number of furan rings is 1.